The van der Waals surface area contributed by atoms with Gasteiger partial charge in [0.05, 0.1) is 25.9 Å². The molecule has 1 saturated heterocycles. The maximum atomic E-state index is 13.9. The minimum absolute atomic E-state index is 0.0547. The lowest BCUT2D eigenvalue weighted by molar-refractivity contribution is -0.137. The fourth-order valence-corrected chi connectivity index (χ4v) is 7.22. The number of carbonyl (C=O) groups is 3. The van der Waals surface area contributed by atoms with Gasteiger partial charge >= 0.3 is 6.09 Å². The van der Waals surface area contributed by atoms with E-state index in [0.29, 0.717) is 50.0 Å². The van der Waals surface area contributed by atoms with E-state index < -0.39 is 12.2 Å². The average Bonchev–Trinajstić information content (AvgIpc) is 2.99. The van der Waals surface area contributed by atoms with Crippen LogP contribution in [0, 0.1) is 29.6 Å². The summed E-state index contributed by atoms with van der Waals surface area (Å²) in [6.07, 6.45) is 7.75. The van der Waals surface area contributed by atoms with Crippen LogP contribution in [0.3, 0.4) is 0 Å². The Balaban J connectivity index is 1.72. The summed E-state index contributed by atoms with van der Waals surface area (Å²) >= 11 is 6.33. The van der Waals surface area contributed by atoms with E-state index >= 15 is 0 Å². The van der Waals surface area contributed by atoms with Gasteiger partial charge < -0.3 is 24.8 Å². The number of amides is 2. The van der Waals surface area contributed by atoms with Crippen molar-refractivity contribution in [2.75, 3.05) is 33.4 Å². The molecular weight excluding hydrogens is 568 g/mol. The molecule has 2 amide bonds. The zero-order valence-corrected chi connectivity index (χ0v) is 27.3. The Kier molecular flexibility index (Phi) is 14.8. The number of likely N-dealkylation sites (tertiary alicyclic amines) is 1. The minimum Gasteiger partial charge on any atom is -0.453 e. The number of ether oxygens (including phenoxy) is 2. The Hall–Kier alpha value is -2.16. The van der Waals surface area contributed by atoms with Crippen molar-refractivity contribution in [3.8, 4) is 0 Å². The van der Waals surface area contributed by atoms with Crippen molar-refractivity contribution in [3.05, 3.63) is 34.9 Å². The lowest BCUT2D eigenvalue weighted by Crippen LogP contribution is -2.44. The molecule has 1 aliphatic carbocycles. The fraction of sp³-hybridized carbons (Fsp3) is 0.735. The molecule has 2 aliphatic rings. The third kappa shape index (κ3) is 11.4. The van der Waals surface area contributed by atoms with E-state index in [9.17, 15) is 19.5 Å². The third-order valence-corrected chi connectivity index (χ3v) is 9.67. The number of nitrogens with zero attached hydrogens (tertiary/aromatic N) is 1. The van der Waals surface area contributed by atoms with Crippen LogP contribution in [0.4, 0.5) is 4.79 Å². The molecule has 8 nitrogen and oxygen atoms in total. The maximum absolute atomic E-state index is 13.9. The van der Waals surface area contributed by atoms with Crippen molar-refractivity contribution in [2.45, 2.75) is 97.2 Å². The van der Waals surface area contributed by atoms with Gasteiger partial charge in [0.2, 0.25) is 5.91 Å². The molecule has 0 unspecified atom stereocenters. The Labute approximate surface area is 263 Å². The number of halogens is 1. The molecule has 2 fully saturated rings. The normalized spacial score (nSPS) is 20.7. The monoisotopic (exact) mass is 620 g/mol. The largest absolute Gasteiger partial charge is 0.453 e. The van der Waals surface area contributed by atoms with Crippen LogP contribution in [-0.4, -0.2) is 67.2 Å². The molecular formula is C34H53ClN2O6. The molecule has 1 heterocycles. The first-order valence-corrected chi connectivity index (χ1v) is 16.6. The highest BCUT2D eigenvalue weighted by Crippen LogP contribution is 2.37. The molecule has 1 aromatic rings. The molecule has 2 N–H and O–H groups in total. The van der Waals surface area contributed by atoms with Gasteiger partial charge in [-0.2, -0.15) is 0 Å². The van der Waals surface area contributed by atoms with Crippen LogP contribution in [0.5, 0.6) is 0 Å². The third-order valence-electron chi connectivity index (χ3n) is 9.43. The number of carbonyl (C=O) groups excluding carboxylic acids is 3. The maximum Gasteiger partial charge on any atom is 0.406 e. The lowest BCUT2D eigenvalue weighted by Gasteiger charge is -2.38. The van der Waals surface area contributed by atoms with Crippen molar-refractivity contribution >= 4 is 29.4 Å². The van der Waals surface area contributed by atoms with E-state index in [1.807, 2.05) is 43.0 Å². The second-order valence-corrected chi connectivity index (χ2v) is 13.4. The lowest BCUT2D eigenvalue weighted by atomic mass is 9.76. The van der Waals surface area contributed by atoms with Gasteiger partial charge in [0.1, 0.15) is 5.78 Å². The number of alkyl carbamates (subject to hydrolysis) is 1. The van der Waals surface area contributed by atoms with Gasteiger partial charge in [-0.05, 0) is 68.1 Å². The standard InChI is InChI=1S/C34H53ClN2O6/c1-23(2)30(24(3)38)21-31(39)28(18-25-10-6-5-7-11-25)20-32(40)37-16-9-13-27(22-37)33(26-12-8-14-29(35)19-26)43-17-15-36-34(41)42-4/h8,12,14,19,23,25,27-28,30-31,33,39H,5-7,9-11,13,15-18,20-22H2,1-4H3,(H,36,41)/t27-,28-,30+,31+,33+/m1/s1. The van der Waals surface area contributed by atoms with Crippen LogP contribution >= 0.6 is 11.6 Å². The zero-order chi connectivity index (χ0) is 31.4. The Morgan fingerprint density at radius 1 is 1.12 bits per heavy atom. The molecule has 242 valence electrons. The van der Waals surface area contributed by atoms with Crippen LogP contribution in [0.15, 0.2) is 24.3 Å². The summed E-state index contributed by atoms with van der Waals surface area (Å²) in [4.78, 5) is 39.6. The molecule has 1 aliphatic heterocycles. The summed E-state index contributed by atoms with van der Waals surface area (Å²) in [5.41, 5.74) is 0.944. The topological polar surface area (TPSA) is 105 Å². The Bertz CT molecular complexity index is 1030. The van der Waals surface area contributed by atoms with Gasteiger partial charge in [-0.25, -0.2) is 4.79 Å². The van der Waals surface area contributed by atoms with Crippen LogP contribution in [0.1, 0.15) is 96.6 Å². The molecule has 0 radical (unpaired) electrons. The van der Waals surface area contributed by atoms with E-state index in [1.165, 1.54) is 26.4 Å². The number of aliphatic hydroxyl groups excluding tert-OH is 1. The van der Waals surface area contributed by atoms with E-state index in [2.05, 4.69) is 10.1 Å². The highest BCUT2D eigenvalue weighted by molar-refractivity contribution is 6.30. The second kappa shape index (κ2) is 18.0. The van der Waals surface area contributed by atoms with E-state index in [4.69, 9.17) is 16.3 Å². The number of benzene rings is 1. The predicted molar refractivity (Wildman–Crippen MR) is 169 cm³/mol. The molecule has 43 heavy (non-hydrogen) atoms. The van der Waals surface area contributed by atoms with Crippen LogP contribution < -0.4 is 5.32 Å². The highest BCUT2D eigenvalue weighted by Gasteiger charge is 2.35. The SMILES string of the molecule is COC(=O)NCCO[C@@H](c1cccc(Cl)c1)[C@@H]1CCCN(C(=O)C[C@@H](CC2CCCCC2)[C@@H](O)C[C@H](C(C)=O)C(C)C)C1. The van der Waals surface area contributed by atoms with Crippen molar-refractivity contribution in [2.24, 2.45) is 29.6 Å². The van der Waals surface area contributed by atoms with Crippen molar-refractivity contribution in [1.82, 2.24) is 10.2 Å². The van der Waals surface area contributed by atoms with Crippen molar-refractivity contribution in [1.29, 1.82) is 0 Å². The Morgan fingerprint density at radius 2 is 1.86 bits per heavy atom. The van der Waals surface area contributed by atoms with Crippen molar-refractivity contribution in [3.63, 3.8) is 0 Å². The van der Waals surface area contributed by atoms with Crippen LogP contribution in [0.25, 0.3) is 0 Å². The van der Waals surface area contributed by atoms with E-state index in [1.54, 1.807) is 6.92 Å². The van der Waals surface area contributed by atoms with E-state index in [-0.39, 0.29) is 41.5 Å². The van der Waals surface area contributed by atoms with Gasteiger partial charge in [0.15, 0.2) is 0 Å². The number of rotatable bonds is 15. The number of piperidine rings is 1. The average molecular weight is 621 g/mol. The number of hydrogen-bond donors (Lipinski definition) is 2. The van der Waals surface area contributed by atoms with E-state index in [0.717, 1.165) is 37.7 Å². The van der Waals surface area contributed by atoms with Crippen molar-refractivity contribution < 1.29 is 29.0 Å². The molecule has 1 saturated carbocycles. The number of nitrogens with one attached hydrogen (secondary N) is 1. The molecule has 3 rings (SSSR count). The van der Waals surface area contributed by atoms with Gasteiger partial charge in [-0.3, -0.25) is 9.59 Å². The summed E-state index contributed by atoms with van der Waals surface area (Å²) in [6, 6.07) is 7.61. The number of methoxy groups -OCH3 is 1. The van der Waals surface area contributed by atoms with Gasteiger partial charge in [0.25, 0.3) is 0 Å². The molecule has 9 heteroatoms. The summed E-state index contributed by atoms with van der Waals surface area (Å²) < 4.78 is 11.0. The fourth-order valence-electron chi connectivity index (χ4n) is 7.02. The summed E-state index contributed by atoms with van der Waals surface area (Å²) in [6.45, 7) is 7.48. The number of hydrogen-bond acceptors (Lipinski definition) is 6. The predicted octanol–water partition coefficient (Wildman–Crippen LogP) is 6.58. The molecule has 5 atom stereocenters. The summed E-state index contributed by atoms with van der Waals surface area (Å²) in [5, 5.41) is 14.7. The smallest absolute Gasteiger partial charge is 0.406 e. The van der Waals surface area contributed by atoms with Crippen LogP contribution in [0.2, 0.25) is 5.02 Å². The molecule has 1 aromatic carbocycles. The van der Waals surface area contributed by atoms with Gasteiger partial charge in [0, 0.05) is 42.9 Å². The number of ketones is 1. The first-order chi connectivity index (χ1) is 20.6. The molecule has 0 spiro atoms. The van der Waals surface area contributed by atoms with Gasteiger partial charge in [-0.1, -0.05) is 69.7 Å². The first kappa shape index (κ1) is 35.3. The number of Topliss-reactive ketones (excluding diaryl/α,β-unsaturated/α-hetero) is 1. The van der Waals surface area contributed by atoms with Crippen LogP contribution in [-0.2, 0) is 19.1 Å². The quantitative estimate of drug-likeness (QED) is 0.215. The molecule has 0 bridgehead atoms. The minimum atomic E-state index is -0.687. The first-order valence-electron chi connectivity index (χ1n) is 16.2. The Morgan fingerprint density at radius 3 is 2.51 bits per heavy atom. The summed E-state index contributed by atoms with van der Waals surface area (Å²) in [7, 11) is 1.32. The highest BCUT2D eigenvalue weighted by atomic mass is 35.5. The zero-order valence-electron chi connectivity index (χ0n) is 26.6. The molecule has 0 aromatic heterocycles. The van der Waals surface area contributed by atoms with Gasteiger partial charge in [-0.15, -0.1) is 0 Å². The second-order valence-electron chi connectivity index (χ2n) is 13.0. The summed E-state index contributed by atoms with van der Waals surface area (Å²) in [5.74, 6) is 0.509. The number of aliphatic hydroxyl groups is 1.